The molecule has 6 rings (SSSR count). The van der Waals surface area contributed by atoms with E-state index < -0.39 is 0 Å². The van der Waals surface area contributed by atoms with Crippen molar-refractivity contribution in [1.29, 1.82) is 5.26 Å². The van der Waals surface area contributed by atoms with Crippen molar-refractivity contribution in [2.75, 3.05) is 39.0 Å². The molecule has 2 N–H and O–H groups in total. The Balaban J connectivity index is 1.28. The van der Waals surface area contributed by atoms with Gasteiger partial charge in [-0.2, -0.15) is 5.26 Å². The monoisotopic (exact) mass is 619 g/mol. The van der Waals surface area contributed by atoms with Gasteiger partial charge in [-0.3, -0.25) is 13.9 Å². The number of carbonyl (C=O) groups excluding carboxylic acids is 1. The smallest absolute Gasteiger partial charge is 0.334 e. The zero-order valence-electron chi connectivity index (χ0n) is 26.7. The Hall–Kier alpha value is -4.88. The lowest BCUT2D eigenvalue weighted by Crippen LogP contribution is -2.43. The number of nitrogens with zero attached hydrogens (tertiary/aromatic N) is 6. The van der Waals surface area contributed by atoms with Gasteiger partial charge in [-0.1, -0.05) is 38.1 Å². The molecule has 1 atom stereocenters. The van der Waals surface area contributed by atoms with Crippen molar-refractivity contribution in [3.63, 3.8) is 0 Å². The quantitative estimate of drug-likeness (QED) is 0.213. The molecule has 0 unspecified atom stereocenters. The number of likely N-dealkylation sites (tertiary alicyclic amines) is 2. The zero-order valence-corrected chi connectivity index (χ0v) is 26.7. The molecule has 2 aromatic heterocycles. The van der Waals surface area contributed by atoms with Crippen LogP contribution < -0.4 is 16.2 Å². The number of anilines is 1. The number of pyridine rings is 1. The first-order valence-electron chi connectivity index (χ1n) is 16.0. The molecule has 0 saturated carbocycles. The van der Waals surface area contributed by atoms with Gasteiger partial charge in [-0.15, -0.1) is 0 Å². The van der Waals surface area contributed by atoms with Crippen LogP contribution in [-0.2, 0) is 4.79 Å². The van der Waals surface area contributed by atoms with Gasteiger partial charge >= 0.3 is 5.69 Å². The van der Waals surface area contributed by atoms with Crippen molar-refractivity contribution in [1.82, 2.24) is 23.9 Å². The van der Waals surface area contributed by atoms with E-state index in [0.29, 0.717) is 60.1 Å². The zero-order chi connectivity index (χ0) is 32.4. The number of hydrogen-bond acceptors (Lipinski definition) is 7. The number of para-hydroxylation sites is 1. The van der Waals surface area contributed by atoms with Crippen LogP contribution in [0.5, 0.6) is 11.5 Å². The minimum atomic E-state index is -0.293. The molecule has 238 valence electrons. The van der Waals surface area contributed by atoms with E-state index in [1.165, 1.54) is 0 Å². The molecule has 2 aromatic carbocycles. The summed E-state index contributed by atoms with van der Waals surface area (Å²) in [5.41, 5.74) is 7.81. The van der Waals surface area contributed by atoms with Crippen molar-refractivity contribution in [2.45, 2.75) is 45.6 Å². The molecule has 0 aliphatic carbocycles. The average molecular weight is 620 g/mol. The lowest BCUT2D eigenvalue weighted by molar-refractivity contribution is -0.128. The van der Waals surface area contributed by atoms with Crippen LogP contribution in [0.25, 0.3) is 16.7 Å². The lowest BCUT2D eigenvalue weighted by atomic mass is 9.72. The number of hydrogen-bond donors (Lipinski definition) is 1. The Labute approximate surface area is 269 Å². The molecule has 0 bridgehead atoms. The fourth-order valence-electron chi connectivity index (χ4n) is 6.97. The fourth-order valence-corrected chi connectivity index (χ4v) is 6.97. The van der Waals surface area contributed by atoms with Crippen molar-refractivity contribution in [2.24, 2.45) is 11.3 Å². The van der Waals surface area contributed by atoms with Gasteiger partial charge in [0.25, 0.3) is 5.91 Å². The number of nitrogens with two attached hydrogens (primary N) is 1. The summed E-state index contributed by atoms with van der Waals surface area (Å²) in [4.78, 5) is 36.3. The molecule has 2 aliphatic heterocycles. The van der Waals surface area contributed by atoms with Crippen LogP contribution >= 0.6 is 0 Å². The Morgan fingerprint density at radius 3 is 2.41 bits per heavy atom. The second-order valence-electron chi connectivity index (χ2n) is 13.1. The molecule has 4 aromatic rings. The number of allylic oxidation sites excluding steroid dienone is 1. The van der Waals surface area contributed by atoms with E-state index >= 15 is 0 Å². The van der Waals surface area contributed by atoms with Crippen LogP contribution in [0.4, 0.5) is 5.82 Å². The summed E-state index contributed by atoms with van der Waals surface area (Å²) in [6, 6.07) is 20.5. The van der Waals surface area contributed by atoms with Crippen LogP contribution in [0, 0.1) is 22.7 Å². The number of amides is 1. The molecule has 2 fully saturated rings. The number of nitrogen functional groups attached to an aromatic ring is 1. The maximum Gasteiger partial charge on any atom is 0.334 e. The van der Waals surface area contributed by atoms with E-state index in [-0.39, 0.29) is 34.4 Å². The molecule has 4 heterocycles. The van der Waals surface area contributed by atoms with Gasteiger partial charge in [0.1, 0.15) is 34.5 Å². The summed E-state index contributed by atoms with van der Waals surface area (Å²) in [6.45, 7) is 7.12. The first-order chi connectivity index (χ1) is 22.2. The minimum Gasteiger partial charge on any atom is -0.457 e. The van der Waals surface area contributed by atoms with Gasteiger partial charge in [-0.25, -0.2) is 9.78 Å². The van der Waals surface area contributed by atoms with Gasteiger partial charge in [0.2, 0.25) is 0 Å². The van der Waals surface area contributed by atoms with Crippen LogP contribution in [0.15, 0.2) is 83.3 Å². The second-order valence-corrected chi connectivity index (χ2v) is 13.1. The van der Waals surface area contributed by atoms with Crippen molar-refractivity contribution in [3.8, 4) is 23.3 Å². The van der Waals surface area contributed by atoms with Crippen LogP contribution in [0.1, 0.15) is 45.6 Å². The standard InChI is InChI=1S/C36H41N7O3/c1-36(2,26-16-20-40(3)21-17-26)22-25(23-37)34(44)41-19-7-8-28(24-41)42-31-15-18-39-33(38)32(31)43(35(42)45)27-11-13-30(14-12-27)46-29-9-5-4-6-10-29/h4-6,9-15,18,22,26,28H,7-8,16-17,19-21,24H2,1-3H3,(H2,38,39)/b25-22+/t28-/m1/s1. The maximum absolute atomic E-state index is 14.2. The fraction of sp³-hybridized carbons (Fsp3) is 0.389. The average Bonchev–Trinajstić information content (AvgIpc) is 3.37. The van der Waals surface area contributed by atoms with Gasteiger partial charge in [-0.05, 0) is 99.6 Å². The lowest BCUT2D eigenvalue weighted by Gasteiger charge is -2.38. The van der Waals surface area contributed by atoms with Crippen LogP contribution in [0.3, 0.4) is 0 Å². The highest BCUT2D eigenvalue weighted by Gasteiger charge is 2.34. The van der Waals surface area contributed by atoms with Crippen molar-refractivity contribution in [3.05, 3.63) is 89.0 Å². The Morgan fingerprint density at radius 1 is 1.02 bits per heavy atom. The van der Waals surface area contributed by atoms with Gasteiger partial charge < -0.3 is 20.3 Å². The van der Waals surface area contributed by atoms with E-state index in [1.54, 1.807) is 26.3 Å². The van der Waals surface area contributed by atoms with E-state index in [4.69, 9.17) is 10.5 Å². The number of nitriles is 1. The number of fused-ring (bicyclic) bond motifs is 1. The third kappa shape index (κ3) is 6.15. The number of carbonyl (C=O) groups is 1. The third-order valence-corrected chi connectivity index (χ3v) is 9.57. The Morgan fingerprint density at radius 2 is 1.72 bits per heavy atom. The predicted molar refractivity (Wildman–Crippen MR) is 179 cm³/mol. The first-order valence-corrected chi connectivity index (χ1v) is 16.0. The Bertz CT molecular complexity index is 1840. The molecule has 0 spiro atoms. The SMILES string of the molecule is CN1CCC(C(C)(C)/C=C(\C#N)C(=O)N2CCC[C@@H](n3c(=O)n(-c4ccc(Oc5ccccc5)cc4)c4c(N)nccc43)C2)CC1. The van der Waals surface area contributed by atoms with E-state index in [0.717, 1.165) is 25.9 Å². The predicted octanol–water partition coefficient (Wildman–Crippen LogP) is 5.54. The normalized spacial score (nSPS) is 18.4. The Kier molecular flexibility index (Phi) is 8.69. The van der Waals surface area contributed by atoms with Gasteiger partial charge in [0.15, 0.2) is 0 Å². The number of piperidine rings is 2. The second kappa shape index (κ2) is 12.9. The highest BCUT2D eigenvalue weighted by atomic mass is 16.5. The summed E-state index contributed by atoms with van der Waals surface area (Å²) in [6.07, 6.45) is 6.96. The van der Waals surface area contributed by atoms with Crippen LogP contribution in [0.2, 0.25) is 0 Å². The summed E-state index contributed by atoms with van der Waals surface area (Å²) < 4.78 is 9.26. The number of ether oxygens (including phenoxy) is 1. The molecular weight excluding hydrogens is 578 g/mol. The molecule has 2 saturated heterocycles. The highest BCUT2D eigenvalue weighted by molar-refractivity contribution is 5.97. The highest BCUT2D eigenvalue weighted by Crippen LogP contribution is 2.37. The number of rotatable bonds is 7. The number of aromatic nitrogens is 3. The number of imidazole rings is 1. The largest absolute Gasteiger partial charge is 0.457 e. The van der Waals surface area contributed by atoms with Gasteiger partial charge in [0, 0.05) is 19.3 Å². The summed E-state index contributed by atoms with van der Waals surface area (Å²) in [7, 11) is 2.13. The minimum absolute atomic E-state index is 0.172. The van der Waals surface area contributed by atoms with E-state index in [2.05, 4.69) is 36.8 Å². The van der Waals surface area contributed by atoms with Crippen LogP contribution in [-0.4, -0.2) is 63.1 Å². The molecule has 0 radical (unpaired) electrons. The molecule has 10 heteroatoms. The van der Waals surface area contributed by atoms with Crippen molar-refractivity contribution < 1.29 is 9.53 Å². The van der Waals surface area contributed by atoms with Gasteiger partial charge in [0.05, 0.1) is 17.2 Å². The molecule has 46 heavy (non-hydrogen) atoms. The molecular formula is C36H41N7O3. The molecule has 1 amide bonds. The van der Waals surface area contributed by atoms with Crippen molar-refractivity contribution >= 4 is 22.8 Å². The third-order valence-electron chi connectivity index (χ3n) is 9.57. The number of benzene rings is 2. The summed E-state index contributed by atoms with van der Waals surface area (Å²) >= 11 is 0. The van der Waals surface area contributed by atoms with E-state index in [9.17, 15) is 14.9 Å². The topological polar surface area (TPSA) is 122 Å². The summed E-state index contributed by atoms with van der Waals surface area (Å²) in [5, 5.41) is 10.1. The first kappa shape index (κ1) is 31.1. The van der Waals surface area contributed by atoms with E-state index in [1.807, 2.05) is 60.7 Å². The summed E-state index contributed by atoms with van der Waals surface area (Å²) in [5.74, 6) is 1.72. The maximum atomic E-state index is 14.2. The molecule has 2 aliphatic rings. The molecule has 10 nitrogen and oxygen atoms in total.